The van der Waals surface area contributed by atoms with Crippen LogP contribution in [0.15, 0.2) is 67.4 Å². The van der Waals surface area contributed by atoms with Crippen molar-refractivity contribution in [3.05, 3.63) is 89.6 Å². The molecule has 0 saturated carbocycles. The van der Waals surface area contributed by atoms with Gasteiger partial charge in [0.2, 0.25) is 5.95 Å². The number of aromatic nitrogens is 4. The van der Waals surface area contributed by atoms with E-state index in [0.717, 1.165) is 43.1 Å². The van der Waals surface area contributed by atoms with Crippen LogP contribution in [0.3, 0.4) is 0 Å². The van der Waals surface area contributed by atoms with Crippen LogP contribution < -0.4 is 10.6 Å². The van der Waals surface area contributed by atoms with Crippen molar-refractivity contribution >= 4 is 35.6 Å². The molecule has 0 aliphatic carbocycles. The Morgan fingerprint density at radius 3 is 2.50 bits per heavy atom. The molecule has 8 nitrogen and oxygen atoms in total. The summed E-state index contributed by atoms with van der Waals surface area (Å²) in [7, 11) is 2.02. The van der Waals surface area contributed by atoms with Gasteiger partial charge in [-0.05, 0) is 93.7 Å². The third-order valence-electron chi connectivity index (χ3n) is 7.28. The van der Waals surface area contributed by atoms with E-state index in [1.807, 2.05) is 14.0 Å². The highest BCUT2D eigenvalue weighted by Crippen LogP contribution is 2.35. The summed E-state index contributed by atoms with van der Waals surface area (Å²) in [6.45, 7) is 3.63. The van der Waals surface area contributed by atoms with Gasteiger partial charge in [-0.1, -0.05) is 12.1 Å². The van der Waals surface area contributed by atoms with Crippen molar-refractivity contribution in [3.63, 3.8) is 0 Å². The number of rotatable bonds is 7. The lowest BCUT2D eigenvalue weighted by Crippen LogP contribution is -2.31. The van der Waals surface area contributed by atoms with Gasteiger partial charge in [0.1, 0.15) is 6.33 Å². The molecule has 2 aromatic heterocycles. The van der Waals surface area contributed by atoms with Gasteiger partial charge in [0, 0.05) is 41.1 Å². The van der Waals surface area contributed by atoms with E-state index in [9.17, 15) is 18.0 Å². The van der Waals surface area contributed by atoms with Crippen LogP contribution in [0.1, 0.15) is 39.9 Å². The van der Waals surface area contributed by atoms with Gasteiger partial charge in [0.15, 0.2) is 0 Å². The number of carbonyl (C=O) groups is 1. The first-order chi connectivity index (χ1) is 19.7. The highest BCUT2D eigenvalue weighted by Gasteiger charge is 2.35. The van der Waals surface area contributed by atoms with Gasteiger partial charge in [0.05, 0.1) is 11.3 Å². The topological polar surface area (TPSA) is 95.9 Å². The number of piperidine rings is 1. The van der Waals surface area contributed by atoms with Crippen LogP contribution in [0.4, 0.5) is 30.5 Å². The fraction of sp³-hybridized carbons (Fsp3) is 0.300. The second-order valence-electron chi connectivity index (χ2n) is 10.3. The zero-order valence-electron chi connectivity index (χ0n) is 23.2. The van der Waals surface area contributed by atoms with Gasteiger partial charge in [0.25, 0.3) is 5.91 Å². The molecule has 42 heavy (non-hydrogen) atoms. The van der Waals surface area contributed by atoms with E-state index in [4.69, 9.17) is 0 Å². The molecule has 2 aromatic carbocycles. The van der Waals surface area contributed by atoms with Gasteiger partial charge >= 0.3 is 6.18 Å². The van der Waals surface area contributed by atoms with Crippen molar-refractivity contribution in [1.82, 2.24) is 24.8 Å². The van der Waals surface area contributed by atoms with Gasteiger partial charge in [-0.15, -0.1) is 12.4 Å². The molecule has 1 saturated heterocycles. The molecule has 0 atom stereocenters. The van der Waals surface area contributed by atoms with Crippen LogP contribution >= 0.6 is 12.4 Å². The van der Waals surface area contributed by atoms with Crippen molar-refractivity contribution in [2.45, 2.75) is 32.4 Å². The summed E-state index contributed by atoms with van der Waals surface area (Å²) in [5.74, 6) is -0.109. The van der Waals surface area contributed by atoms with Gasteiger partial charge < -0.3 is 15.5 Å². The largest absolute Gasteiger partial charge is 0.416 e. The summed E-state index contributed by atoms with van der Waals surface area (Å²) in [5, 5.41) is 5.87. The molecule has 4 aromatic rings. The number of nitrogens with one attached hydrogen (secondary N) is 2. The van der Waals surface area contributed by atoms with E-state index in [1.54, 1.807) is 42.9 Å². The van der Waals surface area contributed by atoms with Crippen LogP contribution in [-0.4, -0.2) is 50.9 Å². The molecule has 5 rings (SSSR count). The molecule has 0 spiro atoms. The Morgan fingerprint density at radius 1 is 1.05 bits per heavy atom. The number of anilines is 3. The van der Waals surface area contributed by atoms with Crippen LogP contribution in [-0.2, 0) is 12.6 Å². The lowest BCUT2D eigenvalue weighted by atomic mass is 9.88. The number of nitrogens with zero attached hydrogens (tertiary/aromatic N) is 5. The van der Waals surface area contributed by atoms with Gasteiger partial charge in [-0.3, -0.25) is 4.79 Å². The van der Waals surface area contributed by atoms with Crippen molar-refractivity contribution in [3.8, 4) is 11.3 Å². The van der Waals surface area contributed by atoms with Gasteiger partial charge in [-0.25, -0.2) is 19.9 Å². The first-order valence-corrected chi connectivity index (χ1v) is 13.3. The summed E-state index contributed by atoms with van der Waals surface area (Å²) in [4.78, 5) is 32.0. The highest BCUT2D eigenvalue weighted by molar-refractivity contribution is 6.04. The molecule has 0 bridgehead atoms. The Labute approximate surface area is 248 Å². The number of alkyl halides is 3. The Balaban J connectivity index is 0.00000405. The van der Waals surface area contributed by atoms with Crippen molar-refractivity contribution < 1.29 is 18.0 Å². The maximum atomic E-state index is 14.0. The van der Waals surface area contributed by atoms with Crippen molar-refractivity contribution in [1.29, 1.82) is 0 Å². The molecule has 1 fully saturated rings. The smallest absolute Gasteiger partial charge is 0.324 e. The molecular weight excluding hydrogens is 567 g/mol. The average molecular weight is 598 g/mol. The molecule has 1 aliphatic rings. The zero-order chi connectivity index (χ0) is 29.0. The first-order valence-electron chi connectivity index (χ1n) is 13.3. The van der Waals surface area contributed by atoms with Crippen LogP contribution in [0.25, 0.3) is 11.3 Å². The van der Waals surface area contributed by atoms with Crippen LogP contribution in [0.2, 0.25) is 0 Å². The Morgan fingerprint density at radius 2 is 1.79 bits per heavy atom. The SMILES string of the molecule is Cc1ccc(NC(=O)c2ccc(CC3CCN(C)CC3)c(C(F)(F)F)c2)cc1Nc1nccc(-c2cncnc2)n1.Cl. The fourth-order valence-electron chi connectivity index (χ4n) is 4.91. The van der Waals surface area contributed by atoms with Crippen LogP contribution in [0, 0.1) is 12.8 Å². The summed E-state index contributed by atoms with van der Waals surface area (Å²) in [5.41, 5.74) is 2.69. The number of hydrogen-bond acceptors (Lipinski definition) is 7. The van der Waals surface area contributed by atoms with E-state index in [1.165, 1.54) is 18.5 Å². The molecule has 12 heteroatoms. The van der Waals surface area contributed by atoms with E-state index >= 15 is 0 Å². The highest BCUT2D eigenvalue weighted by atomic mass is 35.5. The maximum Gasteiger partial charge on any atom is 0.416 e. The standard InChI is InChI=1S/C30H30F3N7O.ClH/c1-19-3-6-24(15-27(19)39-29-36-10-7-26(38-29)23-16-34-18-35-17-23)37-28(41)22-5-4-21(25(14-22)30(31,32)33)13-20-8-11-40(2)12-9-20;/h3-7,10,14-18,20H,8-9,11-13H2,1-2H3,(H,37,41)(H,36,38,39);1H. The fourth-order valence-corrected chi connectivity index (χ4v) is 4.91. The monoisotopic (exact) mass is 597 g/mol. The quantitative estimate of drug-likeness (QED) is 0.249. The molecule has 3 heterocycles. The second-order valence-corrected chi connectivity index (χ2v) is 10.3. The number of benzene rings is 2. The summed E-state index contributed by atoms with van der Waals surface area (Å²) in [6.07, 6.45) is 3.83. The van der Waals surface area contributed by atoms with Crippen LogP contribution in [0.5, 0.6) is 0 Å². The predicted octanol–water partition coefficient (Wildman–Crippen LogP) is 6.56. The number of likely N-dealkylation sites (tertiary alicyclic amines) is 1. The number of aryl methyl sites for hydroxylation is 1. The van der Waals surface area contributed by atoms with Gasteiger partial charge in [-0.2, -0.15) is 13.2 Å². The normalized spacial score (nSPS) is 14.2. The minimum atomic E-state index is -4.56. The molecule has 1 aliphatic heterocycles. The minimum absolute atomic E-state index is 0. The predicted molar refractivity (Wildman–Crippen MR) is 158 cm³/mol. The lowest BCUT2D eigenvalue weighted by molar-refractivity contribution is -0.138. The summed E-state index contributed by atoms with van der Waals surface area (Å²) >= 11 is 0. The maximum absolute atomic E-state index is 14.0. The molecule has 0 unspecified atom stereocenters. The Bertz CT molecular complexity index is 1530. The summed E-state index contributed by atoms with van der Waals surface area (Å²) in [6, 6.07) is 10.8. The first kappa shape index (κ1) is 30.9. The van der Waals surface area contributed by atoms with Crippen molar-refractivity contribution in [2.75, 3.05) is 30.8 Å². The third kappa shape index (κ3) is 7.59. The molecule has 1 amide bonds. The molecule has 0 radical (unpaired) electrons. The number of carbonyl (C=O) groups excluding carboxylic acids is 1. The molecular formula is C30H31ClF3N7O. The third-order valence-corrected chi connectivity index (χ3v) is 7.28. The van der Waals surface area contributed by atoms with E-state index in [2.05, 4.69) is 35.5 Å². The zero-order valence-corrected chi connectivity index (χ0v) is 24.0. The lowest BCUT2D eigenvalue weighted by Gasteiger charge is -2.29. The molecule has 220 valence electrons. The number of halogens is 4. The van der Waals surface area contributed by atoms with Crippen molar-refractivity contribution in [2.24, 2.45) is 5.92 Å². The summed E-state index contributed by atoms with van der Waals surface area (Å²) < 4.78 is 42.0. The molecule has 2 N–H and O–H groups in total. The Hall–Kier alpha value is -4.09. The van der Waals surface area contributed by atoms with E-state index in [-0.39, 0.29) is 29.5 Å². The minimum Gasteiger partial charge on any atom is -0.324 e. The number of hydrogen-bond donors (Lipinski definition) is 2. The Kier molecular flexibility index (Phi) is 9.74. The number of amides is 1. The van der Waals surface area contributed by atoms with E-state index in [0.29, 0.717) is 29.4 Å². The average Bonchev–Trinajstić information content (AvgIpc) is 2.96. The van der Waals surface area contributed by atoms with E-state index < -0.39 is 17.6 Å². The second kappa shape index (κ2) is 13.3.